The predicted octanol–water partition coefficient (Wildman–Crippen LogP) is 1.51. The summed E-state index contributed by atoms with van der Waals surface area (Å²) in [7, 11) is 0. The maximum Gasteiger partial charge on any atom is 0.226 e. The number of aryl methyl sites for hydroxylation is 1. The molecule has 0 spiro atoms. The van der Waals surface area contributed by atoms with Crippen LogP contribution in [0.1, 0.15) is 63.1 Å². The molecule has 0 aliphatic heterocycles. The fourth-order valence-electron chi connectivity index (χ4n) is 2.70. The molecular weight excluding hydrogens is 268 g/mol. The Morgan fingerprint density at radius 3 is 2.81 bits per heavy atom. The summed E-state index contributed by atoms with van der Waals surface area (Å²) in [5, 5.41) is 7.07. The molecule has 0 aromatic carbocycles. The van der Waals surface area contributed by atoms with Crippen LogP contribution in [0.3, 0.4) is 0 Å². The minimum atomic E-state index is -0.235. The van der Waals surface area contributed by atoms with Gasteiger partial charge < -0.3 is 15.6 Å². The number of nitrogens with two attached hydrogens (primary N) is 1. The number of rotatable bonds is 8. The molecule has 1 atom stereocenters. The van der Waals surface area contributed by atoms with Gasteiger partial charge in [0.05, 0.1) is 5.54 Å². The fraction of sp³-hybridized carbons (Fsp3) is 0.800. The van der Waals surface area contributed by atoms with E-state index in [1.165, 1.54) is 25.7 Å². The van der Waals surface area contributed by atoms with E-state index < -0.39 is 0 Å². The van der Waals surface area contributed by atoms with E-state index in [1.807, 2.05) is 6.92 Å². The van der Waals surface area contributed by atoms with Gasteiger partial charge in [-0.3, -0.25) is 4.79 Å². The largest absolute Gasteiger partial charge is 0.349 e. The van der Waals surface area contributed by atoms with Crippen LogP contribution < -0.4 is 11.1 Å². The van der Waals surface area contributed by atoms with Crippen molar-refractivity contribution in [2.24, 2.45) is 11.7 Å². The Kier molecular flexibility index (Phi) is 3.97. The molecule has 1 aromatic rings. The number of aromatic nitrogens is 2. The molecule has 2 fully saturated rings. The van der Waals surface area contributed by atoms with Crippen molar-refractivity contribution in [1.29, 1.82) is 0 Å². The van der Waals surface area contributed by atoms with Gasteiger partial charge in [-0.05, 0) is 44.9 Å². The van der Waals surface area contributed by atoms with Crippen molar-refractivity contribution in [3.8, 4) is 0 Å². The van der Waals surface area contributed by atoms with Gasteiger partial charge in [0, 0.05) is 25.3 Å². The van der Waals surface area contributed by atoms with E-state index in [-0.39, 0.29) is 11.4 Å². The maximum atomic E-state index is 12.0. The Bertz CT molecular complexity index is 508. The van der Waals surface area contributed by atoms with Crippen molar-refractivity contribution in [1.82, 2.24) is 15.5 Å². The Hall–Kier alpha value is -1.43. The minimum Gasteiger partial charge on any atom is -0.349 e. The molecule has 2 saturated carbocycles. The molecule has 1 unspecified atom stereocenters. The van der Waals surface area contributed by atoms with Crippen molar-refractivity contribution >= 4 is 5.91 Å². The van der Waals surface area contributed by atoms with E-state index in [0.29, 0.717) is 37.1 Å². The number of hydrogen-bond acceptors (Lipinski definition) is 5. The van der Waals surface area contributed by atoms with Crippen molar-refractivity contribution in [3.63, 3.8) is 0 Å². The molecule has 1 aromatic heterocycles. The summed E-state index contributed by atoms with van der Waals surface area (Å²) in [5.41, 5.74) is 5.57. The number of nitrogens with zero attached hydrogens (tertiary/aromatic N) is 2. The Balaban J connectivity index is 1.40. The lowest BCUT2D eigenvalue weighted by Crippen LogP contribution is -2.53. The van der Waals surface area contributed by atoms with Gasteiger partial charge in [0.1, 0.15) is 0 Å². The highest BCUT2D eigenvalue weighted by molar-refractivity contribution is 5.76. The topological polar surface area (TPSA) is 94.0 Å². The highest BCUT2D eigenvalue weighted by Crippen LogP contribution is 2.39. The summed E-state index contributed by atoms with van der Waals surface area (Å²) in [6, 6.07) is 0. The summed E-state index contributed by atoms with van der Waals surface area (Å²) in [6.07, 6.45) is 6.53. The Morgan fingerprint density at radius 1 is 1.43 bits per heavy atom. The first-order chi connectivity index (χ1) is 10.1. The van der Waals surface area contributed by atoms with E-state index in [9.17, 15) is 4.79 Å². The summed E-state index contributed by atoms with van der Waals surface area (Å²) in [5.74, 6) is 2.60. The molecule has 0 bridgehead atoms. The molecule has 2 aliphatic rings. The summed E-state index contributed by atoms with van der Waals surface area (Å²) >= 11 is 0. The van der Waals surface area contributed by atoms with Crippen molar-refractivity contribution < 1.29 is 9.32 Å². The molecule has 0 radical (unpaired) electrons. The molecule has 2 aliphatic carbocycles. The molecule has 21 heavy (non-hydrogen) atoms. The molecule has 0 saturated heterocycles. The van der Waals surface area contributed by atoms with Gasteiger partial charge in [-0.2, -0.15) is 4.98 Å². The molecule has 6 heteroatoms. The van der Waals surface area contributed by atoms with Crippen LogP contribution in [-0.4, -0.2) is 28.1 Å². The number of nitrogens with one attached hydrogen (secondary N) is 1. The van der Waals surface area contributed by atoms with Crippen LogP contribution in [0.15, 0.2) is 4.52 Å². The first-order valence-electron chi connectivity index (χ1n) is 7.94. The third kappa shape index (κ3) is 3.61. The van der Waals surface area contributed by atoms with Crippen LogP contribution in [0.5, 0.6) is 0 Å². The second-order valence-electron chi connectivity index (χ2n) is 6.62. The second kappa shape index (κ2) is 5.75. The lowest BCUT2D eigenvalue weighted by molar-refractivity contribution is -0.123. The smallest absolute Gasteiger partial charge is 0.226 e. The van der Waals surface area contributed by atoms with E-state index >= 15 is 0 Å². The second-order valence-corrected chi connectivity index (χ2v) is 6.62. The van der Waals surface area contributed by atoms with Crippen LogP contribution in [0.25, 0.3) is 0 Å². The van der Waals surface area contributed by atoms with Crippen LogP contribution in [0.2, 0.25) is 0 Å². The fourth-order valence-corrected chi connectivity index (χ4v) is 2.70. The molecular formula is C15H24N4O2. The summed E-state index contributed by atoms with van der Waals surface area (Å²) < 4.78 is 5.21. The third-order valence-electron chi connectivity index (χ3n) is 4.55. The first-order valence-corrected chi connectivity index (χ1v) is 7.94. The molecule has 116 valence electrons. The molecule has 3 N–H and O–H groups in total. The van der Waals surface area contributed by atoms with Gasteiger partial charge in [0.2, 0.25) is 11.8 Å². The average Bonchev–Trinajstić information content (AvgIpc) is 3.37. The van der Waals surface area contributed by atoms with E-state index in [2.05, 4.69) is 15.5 Å². The first kappa shape index (κ1) is 14.5. The normalized spacial score (nSPS) is 21.0. The highest BCUT2D eigenvalue weighted by Gasteiger charge is 2.41. The quantitative estimate of drug-likeness (QED) is 0.757. The van der Waals surface area contributed by atoms with Gasteiger partial charge in [0.25, 0.3) is 0 Å². The van der Waals surface area contributed by atoms with Crippen molar-refractivity contribution in [2.45, 2.75) is 63.3 Å². The third-order valence-corrected chi connectivity index (χ3v) is 4.55. The highest BCUT2D eigenvalue weighted by atomic mass is 16.5. The molecule has 3 rings (SSSR count). The van der Waals surface area contributed by atoms with Gasteiger partial charge in [-0.1, -0.05) is 5.16 Å². The van der Waals surface area contributed by atoms with Gasteiger partial charge in [-0.15, -0.1) is 0 Å². The van der Waals surface area contributed by atoms with Crippen molar-refractivity contribution in [3.05, 3.63) is 11.7 Å². The van der Waals surface area contributed by atoms with Gasteiger partial charge in [-0.25, -0.2) is 0 Å². The van der Waals surface area contributed by atoms with Crippen LogP contribution in [-0.2, 0) is 11.2 Å². The average molecular weight is 292 g/mol. The van der Waals surface area contributed by atoms with Gasteiger partial charge in [0.15, 0.2) is 5.82 Å². The van der Waals surface area contributed by atoms with Crippen LogP contribution >= 0.6 is 0 Å². The summed E-state index contributed by atoms with van der Waals surface area (Å²) in [4.78, 5) is 16.4. The molecule has 1 amide bonds. The number of carbonyl (C=O) groups is 1. The van der Waals surface area contributed by atoms with Crippen LogP contribution in [0.4, 0.5) is 0 Å². The predicted molar refractivity (Wildman–Crippen MR) is 77.5 cm³/mol. The summed E-state index contributed by atoms with van der Waals surface area (Å²) in [6.45, 7) is 2.54. The zero-order valence-corrected chi connectivity index (χ0v) is 12.6. The lowest BCUT2D eigenvalue weighted by Gasteiger charge is -2.29. The SMILES string of the molecule is CC(CN)(NC(=O)CCCc1nc(C2CC2)no1)C1CC1. The van der Waals surface area contributed by atoms with E-state index in [4.69, 9.17) is 10.3 Å². The van der Waals surface area contributed by atoms with E-state index in [1.54, 1.807) is 0 Å². The molecule has 1 heterocycles. The van der Waals surface area contributed by atoms with E-state index in [0.717, 1.165) is 12.2 Å². The number of carbonyl (C=O) groups excluding carboxylic acids is 1. The Morgan fingerprint density at radius 2 is 2.19 bits per heavy atom. The minimum absolute atomic E-state index is 0.0665. The van der Waals surface area contributed by atoms with Crippen LogP contribution in [0, 0.1) is 5.92 Å². The lowest BCUT2D eigenvalue weighted by atomic mass is 9.95. The number of hydrogen-bond donors (Lipinski definition) is 2. The number of amides is 1. The Labute approximate surface area is 124 Å². The van der Waals surface area contributed by atoms with Gasteiger partial charge >= 0.3 is 0 Å². The zero-order valence-electron chi connectivity index (χ0n) is 12.6. The monoisotopic (exact) mass is 292 g/mol. The molecule has 6 nitrogen and oxygen atoms in total. The van der Waals surface area contributed by atoms with Crippen molar-refractivity contribution in [2.75, 3.05) is 6.54 Å². The standard InChI is InChI=1S/C15H24N4O2/c1-15(9-16,11-7-8-11)18-12(20)3-2-4-13-17-14(19-21-13)10-5-6-10/h10-11H,2-9,16H2,1H3,(H,18,20). The maximum absolute atomic E-state index is 12.0. The zero-order chi connectivity index (χ0) is 14.9.